The van der Waals surface area contributed by atoms with E-state index in [2.05, 4.69) is 21.4 Å². The van der Waals surface area contributed by atoms with Crippen LogP contribution in [0.15, 0.2) is 84.3 Å². The van der Waals surface area contributed by atoms with Crippen LogP contribution in [0.5, 0.6) is 5.88 Å². The van der Waals surface area contributed by atoms with E-state index in [0.717, 1.165) is 61.2 Å². The number of esters is 1. The minimum Gasteiger partial charge on any atom is -0.466 e. The van der Waals surface area contributed by atoms with Crippen LogP contribution in [0.2, 0.25) is 5.02 Å². The van der Waals surface area contributed by atoms with E-state index in [1.54, 1.807) is 13.1 Å². The number of carbonyl (C=O) groups is 2. The number of nitrogens with one attached hydrogen (secondary N) is 1. The molecule has 1 unspecified atom stereocenters. The monoisotopic (exact) mass is 644 g/mol. The quantitative estimate of drug-likeness (QED) is 0.379. The number of piperidine rings is 2. The van der Waals surface area contributed by atoms with Gasteiger partial charge in [0, 0.05) is 55.1 Å². The zero-order chi connectivity index (χ0) is 32.1. The molecule has 1 aromatic heterocycles. The van der Waals surface area contributed by atoms with E-state index in [9.17, 15) is 14.7 Å². The fourth-order valence-corrected chi connectivity index (χ4v) is 6.78. The zero-order valence-corrected chi connectivity index (χ0v) is 26.9. The molecule has 3 aliphatic heterocycles. The number of likely N-dealkylation sites (tertiary alicyclic amines) is 1. The number of hydrogen-bond donors (Lipinski definition) is 2. The Morgan fingerprint density at radius 1 is 1.20 bits per heavy atom. The van der Waals surface area contributed by atoms with Crippen molar-refractivity contribution in [3.05, 3.63) is 100 Å². The second-order valence-electron chi connectivity index (χ2n) is 12.3. The van der Waals surface area contributed by atoms with Crippen LogP contribution in [-0.4, -0.2) is 71.2 Å². The SMILES string of the molecule is CCOC(=O)[C@@H]1CCCN(NC(=O)C2C=CC=C3Oc4ncccc4C(=CCCN4CCC(O)(c5ccc(Cl)cc5)CC4)C=C32)C1. The van der Waals surface area contributed by atoms with Gasteiger partial charge in [0.1, 0.15) is 5.76 Å². The molecule has 6 rings (SSSR count). The van der Waals surface area contributed by atoms with E-state index in [4.69, 9.17) is 21.1 Å². The van der Waals surface area contributed by atoms with Gasteiger partial charge in [-0.25, -0.2) is 9.99 Å². The molecule has 2 saturated heterocycles. The largest absolute Gasteiger partial charge is 0.466 e. The van der Waals surface area contributed by atoms with E-state index < -0.39 is 11.5 Å². The van der Waals surface area contributed by atoms with Gasteiger partial charge in [0.15, 0.2) is 0 Å². The topological polar surface area (TPSA) is 104 Å². The van der Waals surface area contributed by atoms with E-state index in [-0.39, 0.29) is 17.8 Å². The molecule has 1 aliphatic carbocycles. The van der Waals surface area contributed by atoms with Crippen LogP contribution in [0.25, 0.3) is 5.57 Å². The molecular formula is C36H41ClN4O5. The minimum absolute atomic E-state index is 0.180. The Kier molecular flexibility index (Phi) is 10.0. The lowest BCUT2D eigenvalue weighted by Crippen LogP contribution is -2.51. The van der Waals surface area contributed by atoms with Gasteiger partial charge >= 0.3 is 5.97 Å². The third kappa shape index (κ3) is 7.28. The predicted octanol–water partition coefficient (Wildman–Crippen LogP) is 5.19. The molecule has 1 aromatic carbocycles. The summed E-state index contributed by atoms with van der Waals surface area (Å²) in [5.41, 5.74) is 5.71. The van der Waals surface area contributed by atoms with Crippen molar-refractivity contribution in [1.29, 1.82) is 0 Å². The van der Waals surface area contributed by atoms with Gasteiger partial charge in [-0.3, -0.25) is 15.0 Å². The molecule has 242 valence electrons. The first-order chi connectivity index (χ1) is 22.3. The number of fused-ring (bicyclic) bond motifs is 2. The summed E-state index contributed by atoms with van der Waals surface area (Å²) in [6.07, 6.45) is 15.2. The first-order valence-corrected chi connectivity index (χ1v) is 16.6. The highest BCUT2D eigenvalue weighted by Crippen LogP contribution is 2.38. The third-order valence-corrected chi connectivity index (χ3v) is 9.49. The number of carbonyl (C=O) groups excluding carboxylic acids is 2. The average Bonchev–Trinajstić information content (AvgIpc) is 3.22. The predicted molar refractivity (Wildman–Crippen MR) is 176 cm³/mol. The van der Waals surface area contributed by atoms with Crippen molar-refractivity contribution in [2.45, 2.75) is 44.6 Å². The summed E-state index contributed by atoms with van der Waals surface area (Å²) >= 11 is 6.05. The number of ether oxygens (including phenoxy) is 2. The van der Waals surface area contributed by atoms with Crippen molar-refractivity contribution in [2.24, 2.45) is 11.8 Å². The summed E-state index contributed by atoms with van der Waals surface area (Å²) in [5, 5.41) is 13.8. The molecule has 4 heterocycles. The highest BCUT2D eigenvalue weighted by atomic mass is 35.5. The Labute approximate surface area is 275 Å². The Morgan fingerprint density at radius 3 is 2.78 bits per heavy atom. The molecule has 0 radical (unpaired) electrons. The molecule has 2 fully saturated rings. The summed E-state index contributed by atoms with van der Waals surface area (Å²) in [6.45, 7) is 5.66. The number of hydrogen-bond acceptors (Lipinski definition) is 8. The number of aliphatic hydroxyl groups is 1. The van der Waals surface area contributed by atoms with Gasteiger partial charge in [-0.1, -0.05) is 42.0 Å². The molecule has 9 nitrogen and oxygen atoms in total. The summed E-state index contributed by atoms with van der Waals surface area (Å²) in [7, 11) is 0. The smallest absolute Gasteiger partial charge is 0.310 e. The standard InChI is InChI=1S/C36H41ClN4O5/c1-2-45-35(43)26-8-6-20-41(24-26)39-33(42)30-9-3-11-32-31(30)23-25(29-10-4-18-38-34(29)46-32)7-5-19-40-21-16-36(44,17-22-40)27-12-14-28(37)15-13-27/h3-4,7,9-15,18,23,26,30,44H,2,5-6,8,16-17,19-22,24H2,1H3,(H,39,42)/t26-,30?/m1/s1. The Morgan fingerprint density at radius 2 is 2.00 bits per heavy atom. The number of rotatable bonds is 8. The van der Waals surface area contributed by atoms with Crippen LogP contribution < -0.4 is 10.2 Å². The minimum atomic E-state index is -0.839. The lowest BCUT2D eigenvalue weighted by atomic mass is 9.84. The fraction of sp³-hybridized carbons (Fsp3) is 0.417. The van der Waals surface area contributed by atoms with Gasteiger partial charge in [0.25, 0.3) is 0 Å². The van der Waals surface area contributed by atoms with Crippen LogP contribution >= 0.6 is 11.6 Å². The van der Waals surface area contributed by atoms with E-state index in [0.29, 0.717) is 49.2 Å². The highest BCUT2D eigenvalue weighted by Gasteiger charge is 2.35. The van der Waals surface area contributed by atoms with Gasteiger partial charge in [-0.15, -0.1) is 0 Å². The van der Waals surface area contributed by atoms with Crippen molar-refractivity contribution in [1.82, 2.24) is 20.3 Å². The van der Waals surface area contributed by atoms with Gasteiger partial charge in [0.05, 0.1) is 24.0 Å². The normalized spacial score (nSPS) is 23.7. The number of benzene rings is 1. The molecular weight excluding hydrogens is 604 g/mol. The zero-order valence-electron chi connectivity index (χ0n) is 26.2. The van der Waals surface area contributed by atoms with Crippen molar-refractivity contribution in [3.63, 3.8) is 0 Å². The molecule has 2 atom stereocenters. The Bertz CT molecular complexity index is 1560. The molecule has 4 aliphatic rings. The molecule has 2 aromatic rings. The molecule has 2 N–H and O–H groups in total. The Hall–Kier alpha value is -3.76. The summed E-state index contributed by atoms with van der Waals surface area (Å²) < 4.78 is 11.5. The summed E-state index contributed by atoms with van der Waals surface area (Å²) in [4.78, 5) is 32.9. The first-order valence-electron chi connectivity index (χ1n) is 16.2. The average molecular weight is 645 g/mol. The van der Waals surface area contributed by atoms with Crippen LogP contribution in [0.4, 0.5) is 0 Å². The van der Waals surface area contributed by atoms with Crippen molar-refractivity contribution < 1.29 is 24.2 Å². The second kappa shape index (κ2) is 14.3. The van der Waals surface area contributed by atoms with Gasteiger partial charge < -0.3 is 19.5 Å². The number of allylic oxidation sites excluding steroid dienone is 5. The second-order valence-corrected chi connectivity index (χ2v) is 12.7. The summed E-state index contributed by atoms with van der Waals surface area (Å²) in [6, 6.07) is 11.4. The molecule has 10 heteroatoms. The molecule has 0 spiro atoms. The maximum absolute atomic E-state index is 13.7. The maximum atomic E-state index is 13.7. The first kappa shape index (κ1) is 32.2. The lowest BCUT2D eigenvalue weighted by Gasteiger charge is -2.38. The molecule has 1 amide bonds. The number of hydrazine groups is 1. The van der Waals surface area contributed by atoms with E-state index in [1.165, 1.54) is 0 Å². The van der Waals surface area contributed by atoms with Crippen LogP contribution in [0, 0.1) is 11.8 Å². The summed E-state index contributed by atoms with van der Waals surface area (Å²) in [5.74, 6) is -0.139. The number of amides is 1. The fourth-order valence-electron chi connectivity index (χ4n) is 6.65. The molecule has 46 heavy (non-hydrogen) atoms. The Balaban J connectivity index is 1.15. The van der Waals surface area contributed by atoms with Crippen molar-refractivity contribution >= 4 is 29.1 Å². The van der Waals surface area contributed by atoms with Crippen molar-refractivity contribution in [3.8, 4) is 5.88 Å². The molecule has 0 bridgehead atoms. The number of nitrogens with zero attached hydrogens (tertiary/aromatic N) is 3. The van der Waals surface area contributed by atoms with E-state index in [1.807, 2.05) is 65.7 Å². The highest BCUT2D eigenvalue weighted by molar-refractivity contribution is 6.30. The van der Waals surface area contributed by atoms with Crippen LogP contribution in [-0.2, 0) is 19.9 Å². The number of halogens is 1. The third-order valence-electron chi connectivity index (χ3n) is 9.24. The van der Waals surface area contributed by atoms with Crippen LogP contribution in [0.3, 0.4) is 0 Å². The molecule has 0 saturated carbocycles. The number of aromatic nitrogens is 1. The number of pyridine rings is 1. The van der Waals surface area contributed by atoms with Gasteiger partial charge in [-0.05, 0) is 86.6 Å². The van der Waals surface area contributed by atoms with Crippen molar-refractivity contribution in [2.75, 3.05) is 39.3 Å². The maximum Gasteiger partial charge on any atom is 0.310 e. The van der Waals surface area contributed by atoms with E-state index >= 15 is 0 Å². The lowest BCUT2D eigenvalue weighted by molar-refractivity contribution is -0.151. The van der Waals surface area contributed by atoms with Gasteiger partial charge in [0.2, 0.25) is 11.8 Å². The van der Waals surface area contributed by atoms with Crippen LogP contribution in [0.1, 0.15) is 50.2 Å². The van der Waals surface area contributed by atoms with Gasteiger partial charge in [-0.2, -0.15) is 0 Å².